The fraction of sp³-hybridized carbons (Fsp3) is 0.240. The fourth-order valence-electron chi connectivity index (χ4n) is 4.14. The van der Waals surface area contributed by atoms with Gasteiger partial charge in [-0.05, 0) is 35.2 Å². The molecular formula is C25H25FN2O4. The normalized spacial score (nSPS) is 15.0. The van der Waals surface area contributed by atoms with E-state index in [1.165, 1.54) is 39.0 Å². The highest BCUT2D eigenvalue weighted by Gasteiger charge is 2.32. The second-order valence-corrected chi connectivity index (χ2v) is 7.44. The van der Waals surface area contributed by atoms with Crippen LogP contribution in [0.4, 0.5) is 14.9 Å². The average molecular weight is 436 g/mol. The number of hydrogen-bond acceptors (Lipinski definition) is 4. The second kappa shape index (κ2) is 9.18. The van der Waals surface area contributed by atoms with E-state index in [4.69, 9.17) is 14.2 Å². The maximum atomic E-state index is 13.6. The van der Waals surface area contributed by atoms with E-state index in [9.17, 15) is 9.18 Å². The number of methoxy groups -OCH3 is 3. The molecule has 2 amide bonds. The van der Waals surface area contributed by atoms with Gasteiger partial charge in [0.15, 0.2) is 11.5 Å². The number of nitrogens with one attached hydrogen (secondary N) is 1. The number of anilines is 1. The number of rotatable bonds is 5. The Labute approximate surface area is 186 Å². The molecule has 0 spiro atoms. The Morgan fingerprint density at radius 3 is 2.25 bits per heavy atom. The zero-order chi connectivity index (χ0) is 22.7. The maximum Gasteiger partial charge on any atom is 0.322 e. The average Bonchev–Trinajstić information content (AvgIpc) is 2.83. The SMILES string of the molecule is COc1cc(NC(=O)N2CCc3ccccc3C2c2ccc(F)cc2)cc(OC)c1OC. The first kappa shape index (κ1) is 21.5. The van der Waals surface area contributed by atoms with Crippen molar-refractivity contribution < 1.29 is 23.4 Å². The van der Waals surface area contributed by atoms with Gasteiger partial charge in [-0.15, -0.1) is 0 Å². The molecule has 0 radical (unpaired) electrons. The van der Waals surface area contributed by atoms with Gasteiger partial charge in [0.25, 0.3) is 0 Å². The van der Waals surface area contributed by atoms with Crippen LogP contribution in [0.15, 0.2) is 60.7 Å². The number of carbonyl (C=O) groups excluding carboxylic acids is 1. The van der Waals surface area contributed by atoms with E-state index in [0.717, 1.165) is 17.5 Å². The molecule has 166 valence electrons. The minimum absolute atomic E-state index is 0.275. The van der Waals surface area contributed by atoms with Gasteiger partial charge >= 0.3 is 6.03 Å². The van der Waals surface area contributed by atoms with Gasteiger partial charge in [0, 0.05) is 18.7 Å². The van der Waals surface area contributed by atoms with Crippen LogP contribution < -0.4 is 19.5 Å². The quantitative estimate of drug-likeness (QED) is 0.609. The lowest BCUT2D eigenvalue weighted by Gasteiger charge is -2.37. The molecule has 1 unspecified atom stereocenters. The van der Waals surface area contributed by atoms with Gasteiger partial charge in [-0.3, -0.25) is 0 Å². The summed E-state index contributed by atoms with van der Waals surface area (Å²) in [6.07, 6.45) is 0.733. The van der Waals surface area contributed by atoms with Crippen LogP contribution in [0.3, 0.4) is 0 Å². The minimum atomic E-state index is -0.331. The van der Waals surface area contributed by atoms with Crippen LogP contribution in [0, 0.1) is 5.82 Å². The first-order valence-electron chi connectivity index (χ1n) is 10.3. The Morgan fingerprint density at radius 2 is 1.62 bits per heavy atom. The third-order valence-electron chi connectivity index (χ3n) is 5.65. The number of benzene rings is 3. The number of ether oxygens (including phenoxy) is 3. The van der Waals surface area contributed by atoms with Gasteiger partial charge in [0.1, 0.15) is 5.82 Å². The minimum Gasteiger partial charge on any atom is -0.493 e. The Kier molecular flexibility index (Phi) is 6.16. The topological polar surface area (TPSA) is 60.0 Å². The molecule has 0 aromatic heterocycles. The molecule has 3 aromatic rings. The Bertz CT molecular complexity index is 1090. The summed E-state index contributed by atoms with van der Waals surface area (Å²) < 4.78 is 29.7. The van der Waals surface area contributed by atoms with E-state index in [2.05, 4.69) is 11.4 Å². The van der Waals surface area contributed by atoms with E-state index < -0.39 is 0 Å². The Hall–Kier alpha value is -3.74. The van der Waals surface area contributed by atoms with Crippen molar-refractivity contribution in [2.24, 2.45) is 0 Å². The predicted octanol–water partition coefficient (Wildman–Crippen LogP) is 5.03. The van der Waals surface area contributed by atoms with Crippen LogP contribution in [-0.4, -0.2) is 38.8 Å². The molecule has 1 heterocycles. The molecular weight excluding hydrogens is 411 g/mol. The zero-order valence-corrected chi connectivity index (χ0v) is 18.2. The van der Waals surface area contributed by atoms with Crippen molar-refractivity contribution in [2.45, 2.75) is 12.5 Å². The van der Waals surface area contributed by atoms with E-state index in [1.807, 2.05) is 18.2 Å². The standard InChI is InChI=1S/C25H25FN2O4/c1-30-21-14-19(15-22(31-2)24(21)32-3)27-25(29)28-13-12-16-6-4-5-7-20(16)23(28)17-8-10-18(26)11-9-17/h4-11,14-15,23H,12-13H2,1-3H3,(H,27,29). The predicted molar refractivity (Wildman–Crippen MR) is 120 cm³/mol. The van der Waals surface area contributed by atoms with Crippen molar-refractivity contribution >= 4 is 11.7 Å². The van der Waals surface area contributed by atoms with Gasteiger partial charge in [0.2, 0.25) is 5.75 Å². The summed E-state index contributed by atoms with van der Waals surface area (Å²) >= 11 is 0. The molecule has 0 bridgehead atoms. The van der Waals surface area contributed by atoms with Gasteiger partial charge in [0.05, 0.1) is 33.1 Å². The van der Waals surface area contributed by atoms with Crippen LogP contribution in [-0.2, 0) is 6.42 Å². The van der Waals surface area contributed by atoms with Crippen LogP contribution >= 0.6 is 0 Å². The van der Waals surface area contributed by atoms with Crippen LogP contribution in [0.5, 0.6) is 17.2 Å². The van der Waals surface area contributed by atoms with Gasteiger partial charge in [-0.2, -0.15) is 0 Å². The molecule has 0 saturated heterocycles. The first-order chi connectivity index (χ1) is 15.5. The third kappa shape index (κ3) is 4.06. The van der Waals surface area contributed by atoms with Crippen LogP contribution in [0.1, 0.15) is 22.7 Å². The molecule has 0 fully saturated rings. The van der Waals surface area contributed by atoms with E-state index in [-0.39, 0.29) is 17.9 Å². The zero-order valence-electron chi connectivity index (χ0n) is 18.2. The molecule has 7 heteroatoms. The van der Waals surface area contributed by atoms with Gasteiger partial charge in [-0.1, -0.05) is 36.4 Å². The van der Waals surface area contributed by atoms with Crippen LogP contribution in [0.2, 0.25) is 0 Å². The summed E-state index contributed by atoms with van der Waals surface area (Å²) in [5, 5.41) is 2.95. The van der Waals surface area contributed by atoms with Crippen LogP contribution in [0.25, 0.3) is 0 Å². The summed E-state index contributed by atoms with van der Waals surface area (Å²) in [4.78, 5) is 15.2. The number of hydrogen-bond donors (Lipinski definition) is 1. The molecule has 1 N–H and O–H groups in total. The lowest BCUT2D eigenvalue weighted by atomic mass is 9.88. The lowest BCUT2D eigenvalue weighted by Crippen LogP contribution is -2.43. The van der Waals surface area contributed by atoms with Crippen molar-refractivity contribution in [3.05, 3.63) is 83.2 Å². The monoisotopic (exact) mass is 436 g/mol. The highest BCUT2D eigenvalue weighted by molar-refractivity contribution is 5.91. The highest BCUT2D eigenvalue weighted by atomic mass is 19.1. The molecule has 1 aliphatic rings. The molecule has 4 rings (SSSR count). The largest absolute Gasteiger partial charge is 0.493 e. The maximum absolute atomic E-state index is 13.6. The molecule has 1 aliphatic heterocycles. The molecule has 6 nitrogen and oxygen atoms in total. The van der Waals surface area contributed by atoms with E-state index in [0.29, 0.717) is 29.5 Å². The Morgan fingerprint density at radius 1 is 0.969 bits per heavy atom. The van der Waals surface area contributed by atoms with Gasteiger partial charge in [-0.25, -0.2) is 9.18 Å². The lowest BCUT2D eigenvalue weighted by molar-refractivity contribution is 0.194. The van der Waals surface area contributed by atoms with E-state index in [1.54, 1.807) is 29.2 Å². The number of carbonyl (C=O) groups is 1. The fourth-order valence-corrected chi connectivity index (χ4v) is 4.14. The number of fused-ring (bicyclic) bond motifs is 1. The first-order valence-corrected chi connectivity index (χ1v) is 10.3. The van der Waals surface area contributed by atoms with Crippen molar-refractivity contribution in [1.29, 1.82) is 0 Å². The third-order valence-corrected chi connectivity index (χ3v) is 5.65. The number of urea groups is 1. The van der Waals surface area contributed by atoms with E-state index >= 15 is 0 Å². The Balaban J connectivity index is 1.69. The molecule has 0 aliphatic carbocycles. The smallest absolute Gasteiger partial charge is 0.322 e. The summed E-state index contributed by atoms with van der Waals surface area (Å²) in [5.74, 6) is 1.03. The van der Waals surface area contributed by atoms with Crippen molar-refractivity contribution in [3.8, 4) is 17.2 Å². The van der Waals surface area contributed by atoms with Crippen molar-refractivity contribution in [1.82, 2.24) is 4.90 Å². The molecule has 3 aromatic carbocycles. The molecule has 0 saturated carbocycles. The molecule has 1 atom stereocenters. The van der Waals surface area contributed by atoms with Gasteiger partial charge < -0.3 is 24.4 Å². The summed E-state index contributed by atoms with van der Waals surface area (Å²) in [6.45, 7) is 0.523. The number of nitrogens with zero attached hydrogens (tertiary/aromatic N) is 1. The summed E-state index contributed by atoms with van der Waals surface area (Å²) in [7, 11) is 4.57. The molecule has 32 heavy (non-hydrogen) atoms. The second-order valence-electron chi connectivity index (χ2n) is 7.44. The highest BCUT2D eigenvalue weighted by Crippen LogP contribution is 2.41. The summed E-state index contributed by atoms with van der Waals surface area (Å²) in [5.41, 5.74) is 3.57. The summed E-state index contributed by atoms with van der Waals surface area (Å²) in [6, 6.07) is 17.1. The van der Waals surface area contributed by atoms with Crippen molar-refractivity contribution in [2.75, 3.05) is 33.2 Å². The number of amides is 2. The van der Waals surface area contributed by atoms with Crippen molar-refractivity contribution in [3.63, 3.8) is 0 Å². The number of halogens is 1.